The number of nitrogens with one attached hydrogen (secondary N) is 2. The minimum absolute atomic E-state index is 0. The first kappa shape index (κ1) is 18.5. The zero-order valence-corrected chi connectivity index (χ0v) is 15.1. The summed E-state index contributed by atoms with van der Waals surface area (Å²) in [5.41, 5.74) is 0.730. The fourth-order valence-corrected chi connectivity index (χ4v) is 3.14. The van der Waals surface area contributed by atoms with E-state index in [2.05, 4.69) is 40.4 Å². The van der Waals surface area contributed by atoms with Gasteiger partial charge in [0.25, 0.3) is 5.91 Å². The number of halogens is 2. The molecule has 0 radical (unpaired) electrons. The fourth-order valence-electron chi connectivity index (χ4n) is 2.71. The molecule has 0 spiro atoms. The number of amides is 1. The van der Waals surface area contributed by atoms with Gasteiger partial charge in [0.05, 0.1) is 0 Å². The first-order valence-corrected chi connectivity index (χ1v) is 8.23. The SMILES string of the molecule is CC(C)n1cc(Br)cc1C(=O)NCCC1CCCNC1.Cl. The second kappa shape index (κ2) is 8.81. The molecule has 1 aromatic heterocycles. The lowest BCUT2D eigenvalue weighted by Gasteiger charge is -2.22. The van der Waals surface area contributed by atoms with Crippen LogP contribution < -0.4 is 10.6 Å². The highest BCUT2D eigenvalue weighted by atomic mass is 79.9. The Morgan fingerprint density at radius 2 is 2.33 bits per heavy atom. The number of aromatic nitrogens is 1. The Balaban J connectivity index is 0.00000220. The van der Waals surface area contributed by atoms with Crippen molar-refractivity contribution in [1.29, 1.82) is 0 Å². The van der Waals surface area contributed by atoms with Crippen LogP contribution in [-0.4, -0.2) is 30.1 Å². The molecular formula is C15H25BrClN3O. The Bertz CT molecular complexity index is 456. The number of rotatable bonds is 5. The van der Waals surface area contributed by atoms with Crippen LogP contribution in [0.2, 0.25) is 0 Å². The zero-order chi connectivity index (χ0) is 14.5. The fraction of sp³-hybridized carbons (Fsp3) is 0.667. The highest BCUT2D eigenvalue weighted by Crippen LogP contribution is 2.19. The number of hydrogen-bond acceptors (Lipinski definition) is 2. The molecule has 0 aliphatic carbocycles. The largest absolute Gasteiger partial charge is 0.351 e. The molecule has 2 rings (SSSR count). The van der Waals surface area contributed by atoms with Crippen LogP contribution in [0.1, 0.15) is 49.6 Å². The van der Waals surface area contributed by atoms with Crippen molar-refractivity contribution in [1.82, 2.24) is 15.2 Å². The van der Waals surface area contributed by atoms with E-state index in [-0.39, 0.29) is 24.4 Å². The predicted octanol–water partition coefficient (Wildman–Crippen LogP) is 3.37. The van der Waals surface area contributed by atoms with Crippen LogP contribution >= 0.6 is 28.3 Å². The van der Waals surface area contributed by atoms with Crippen LogP contribution in [0.15, 0.2) is 16.7 Å². The molecular weight excluding hydrogens is 354 g/mol. The Morgan fingerprint density at radius 3 is 2.95 bits per heavy atom. The van der Waals surface area contributed by atoms with Gasteiger partial charge in [0.15, 0.2) is 0 Å². The summed E-state index contributed by atoms with van der Waals surface area (Å²) in [5.74, 6) is 0.723. The molecule has 0 aromatic carbocycles. The van der Waals surface area contributed by atoms with Crippen molar-refractivity contribution in [2.45, 2.75) is 39.2 Å². The minimum atomic E-state index is 0. The van der Waals surface area contributed by atoms with Gasteiger partial charge in [0.2, 0.25) is 0 Å². The van der Waals surface area contributed by atoms with E-state index in [1.165, 1.54) is 12.8 Å². The lowest BCUT2D eigenvalue weighted by Crippen LogP contribution is -2.33. The van der Waals surface area contributed by atoms with Crippen molar-refractivity contribution in [3.05, 3.63) is 22.4 Å². The van der Waals surface area contributed by atoms with Crippen molar-refractivity contribution >= 4 is 34.2 Å². The molecule has 1 saturated heterocycles. The summed E-state index contributed by atoms with van der Waals surface area (Å²) in [6.45, 7) is 7.14. The third-order valence-electron chi connectivity index (χ3n) is 3.84. The number of piperidine rings is 1. The second-order valence-electron chi connectivity index (χ2n) is 5.80. The molecule has 1 aromatic rings. The van der Waals surface area contributed by atoms with E-state index in [4.69, 9.17) is 0 Å². The number of carbonyl (C=O) groups is 1. The summed E-state index contributed by atoms with van der Waals surface area (Å²) in [7, 11) is 0. The third-order valence-corrected chi connectivity index (χ3v) is 4.27. The van der Waals surface area contributed by atoms with E-state index in [0.717, 1.165) is 36.2 Å². The molecule has 0 saturated carbocycles. The quantitative estimate of drug-likeness (QED) is 0.825. The number of carbonyl (C=O) groups excluding carboxylic acids is 1. The summed E-state index contributed by atoms with van der Waals surface area (Å²) < 4.78 is 2.95. The summed E-state index contributed by atoms with van der Waals surface area (Å²) in [6, 6.07) is 2.17. The van der Waals surface area contributed by atoms with Gasteiger partial charge in [0, 0.05) is 23.3 Å². The molecule has 1 amide bonds. The van der Waals surface area contributed by atoms with E-state index in [1.54, 1.807) is 0 Å². The Kier molecular flexibility index (Phi) is 7.77. The molecule has 1 fully saturated rings. The molecule has 2 N–H and O–H groups in total. The first-order valence-electron chi connectivity index (χ1n) is 7.44. The van der Waals surface area contributed by atoms with E-state index in [1.807, 2.05) is 16.8 Å². The van der Waals surface area contributed by atoms with Crippen LogP contribution in [0.3, 0.4) is 0 Å². The van der Waals surface area contributed by atoms with Crippen molar-refractivity contribution in [3.8, 4) is 0 Å². The van der Waals surface area contributed by atoms with Gasteiger partial charge in [-0.3, -0.25) is 4.79 Å². The Morgan fingerprint density at radius 1 is 1.57 bits per heavy atom. The number of nitrogens with zero attached hydrogens (tertiary/aromatic N) is 1. The van der Waals surface area contributed by atoms with Crippen molar-refractivity contribution in [2.24, 2.45) is 5.92 Å². The molecule has 1 unspecified atom stereocenters. The van der Waals surface area contributed by atoms with E-state index in [9.17, 15) is 4.79 Å². The topological polar surface area (TPSA) is 46.1 Å². The summed E-state index contributed by atoms with van der Waals surface area (Å²) >= 11 is 3.44. The molecule has 4 nitrogen and oxygen atoms in total. The lowest BCUT2D eigenvalue weighted by atomic mass is 9.96. The molecule has 2 heterocycles. The van der Waals surface area contributed by atoms with Crippen LogP contribution in [0.5, 0.6) is 0 Å². The Labute approximate surface area is 141 Å². The molecule has 0 bridgehead atoms. The van der Waals surface area contributed by atoms with E-state index >= 15 is 0 Å². The van der Waals surface area contributed by atoms with Crippen LogP contribution in [0.25, 0.3) is 0 Å². The van der Waals surface area contributed by atoms with Gasteiger partial charge in [-0.05, 0) is 74.1 Å². The maximum atomic E-state index is 12.3. The van der Waals surface area contributed by atoms with Gasteiger partial charge in [-0.25, -0.2) is 0 Å². The highest BCUT2D eigenvalue weighted by Gasteiger charge is 2.16. The highest BCUT2D eigenvalue weighted by molar-refractivity contribution is 9.10. The summed E-state index contributed by atoms with van der Waals surface area (Å²) in [5, 5.41) is 6.46. The average Bonchev–Trinajstić information content (AvgIpc) is 2.82. The normalized spacial score (nSPS) is 18.4. The minimum Gasteiger partial charge on any atom is -0.351 e. The molecule has 1 atom stereocenters. The first-order chi connectivity index (χ1) is 9.58. The standard InChI is InChI=1S/C15H24BrN3O.ClH/c1-11(2)19-10-13(16)8-14(19)15(20)18-7-5-12-4-3-6-17-9-12;/h8,10-12,17H,3-7,9H2,1-2H3,(H,18,20);1H. The third kappa shape index (κ3) is 5.31. The van der Waals surface area contributed by atoms with Crippen LogP contribution in [0.4, 0.5) is 0 Å². The van der Waals surface area contributed by atoms with Crippen molar-refractivity contribution < 1.29 is 4.79 Å². The number of hydrogen-bond donors (Lipinski definition) is 2. The summed E-state index contributed by atoms with van der Waals surface area (Å²) in [4.78, 5) is 12.3. The van der Waals surface area contributed by atoms with E-state index in [0.29, 0.717) is 5.92 Å². The van der Waals surface area contributed by atoms with Gasteiger partial charge in [-0.1, -0.05) is 0 Å². The molecule has 1 aliphatic heterocycles. The van der Waals surface area contributed by atoms with Crippen molar-refractivity contribution in [3.63, 3.8) is 0 Å². The van der Waals surface area contributed by atoms with Gasteiger partial charge >= 0.3 is 0 Å². The predicted molar refractivity (Wildman–Crippen MR) is 92.3 cm³/mol. The maximum absolute atomic E-state index is 12.3. The molecule has 21 heavy (non-hydrogen) atoms. The Hall–Kier alpha value is -0.520. The van der Waals surface area contributed by atoms with E-state index < -0.39 is 0 Å². The molecule has 1 aliphatic rings. The van der Waals surface area contributed by atoms with Crippen molar-refractivity contribution in [2.75, 3.05) is 19.6 Å². The van der Waals surface area contributed by atoms with Gasteiger partial charge in [-0.2, -0.15) is 0 Å². The van der Waals surface area contributed by atoms with Gasteiger partial charge in [0.1, 0.15) is 5.69 Å². The zero-order valence-electron chi connectivity index (χ0n) is 12.7. The lowest BCUT2D eigenvalue weighted by molar-refractivity contribution is 0.0940. The average molecular weight is 379 g/mol. The van der Waals surface area contributed by atoms with Gasteiger partial charge < -0.3 is 15.2 Å². The van der Waals surface area contributed by atoms with Gasteiger partial charge in [-0.15, -0.1) is 12.4 Å². The monoisotopic (exact) mass is 377 g/mol. The second-order valence-corrected chi connectivity index (χ2v) is 6.72. The van der Waals surface area contributed by atoms with Crippen LogP contribution in [0, 0.1) is 5.92 Å². The summed E-state index contributed by atoms with van der Waals surface area (Å²) in [6.07, 6.45) is 5.55. The molecule has 120 valence electrons. The maximum Gasteiger partial charge on any atom is 0.267 e. The smallest absolute Gasteiger partial charge is 0.267 e. The molecule has 6 heteroatoms. The van der Waals surface area contributed by atoms with Crippen LogP contribution in [-0.2, 0) is 0 Å².